The van der Waals surface area contributed by atoms with Crippen molar-refractivity contribution in [2.75, 3.05) is 7.11 Å². The van der Waals surface area contributed by atoms with Gasteiger partial charge in [0.05, 0.1) is 7.11 Å². The quantitative estimate of drug-likeness (QED) is 0.832. The molecule has 0 aromatic heterocycles. The molecule has 0 heterocycles. The van der Waals surface area contributed by atoms with Crippen molar-refractivity contribution in [3.63, 3.8) is 0 Å². The van der Waals surface area contributed by atoms with Crippen molar-refractivity contribution in [1.29, 1.82) is 0 Å². The third kappa shape index (κ3) is 6.47. The van der Waals surface area contributed by atoms with E-state index in [1.165, 1.54) is 7.11 Å². The maximum absolute atomic E-state index is 12.5. The zero-order chi connectivity index (χ0) is 18.5. The first kappa shape index (κ1) is 19.8. The lowest BCUT2D eigenvalue weighted by Gasteiger charge is -2.25. The van der Waals surface area contributed by atoms with Crippen LogP contribution in [0.5, 0.6) is 5.75 Å². The van der Waals surface area contributed by atoms with Crippen LogP contribution < -0.4 is 10.1 Å². The molecule has 1 aromatic carbocycles. The van der Waals surface area contributed by atoms with Gasteiger partial charge in [0.15, 0.2) is 0 Å². The Morgan fingerprint density at radius 2 is 1.67 bits per heavy atom. The van der Waals surface area contributed by atoms with Gasteiger partial charge in [-0.1, -0.05) is 12.1 Å². The first-order valence-corrected chi connectivity index (χ1v) is 7.16. The molecular weight excluding hydrogens is 327 g/mol. The van der Waals surface area contributed by atoms with Crippen molar-refractivity contribution in [2.45, 2.75) is 45.0 Å². The molecule has 134 valence electrons. The van der Waals surface area contributed by atoms with Crippen LogP contribution in [0.2, 0.25) is 0 Å². The number of carbonyl (C=O) groups excluding carboxylic acids is 2. The van der Waals surface area contributed by atoms with Crippen molar-refractivity contribution in [2.24, 2.45) is 0 Å². The summed E-state index contributed by atoms with van der Waals surface area (Å²) in [7, 11) is 1.47. The summed E-state index contributed by atoms with van der Waals surface area (Å²) in [6, 6.07) is 4.94. The topological polar surface area (TPSA) is 64.6 Å². The van der Waals surface area contributed by atoms with Gasteiger partial charge in [-0.15, -0.1) is 0 Å². The maximum atomic E-state index is 12.5. The molecule has 0 radical (unpaired) electrons. The van der Waals surface area contributed by atoms with Gasteiger partial charge in [-0.2, -0.15) is 13.2 Å². The number of ether oxygens (including phenoxy) is 2. The van der Waals surface area contributed by atoms with E-state index in [4.69, 9.17) is 9.47 Å². The predicted octanol–water partition coefficient (Wildman–Crippen LogP) is 2.63. The van der Waals surface area contributed by atoms with Crippen molar-refractivity contribution in [3.8, 4) is 5.75 Å². The Bertz CT molecular complexity index is 576. The molecule has 0 saturated heterocycles. The number of hydrogen-bond donors (Lipinski definition) is 1. The summed E-state index contributed by atoms with van der Waals surface area (Å²) in [5, 5.41) is 1.69. The third-order valence-corrected chi connectivity index (χ3v) is 2.85. The maximum Gasteiger partial charge on any atom is 0.471 e. The number of carbonyl (C=O) groups is 2. The Kier molecular flexibility index (Phi) is 6.22. The van der Waals surface area contributed by atoms with Crippen LogP contribution in [0.15, 0.2) is 24.3 Å². The van der Waals surface area contributed by atoms with Crippen molar-refractivity contribution in [1.82, 2.24) is 5.32 Å². The molecule has 0 aliphatic rings. The van der Waals surface area contributed by atoms with E-state index in [1.807, 2.05) is 0 Å². The summed E-state index contributed by atoms with van der Waals surface area (Å²) in [4.78, 5) is 23.3. The van der Waals surface area contributed by atoms with Crippen LogP contribution in [-0.4, -0.2) is 36.8 Å². The monoisotopic (exact) mass is 347 g/mol. The molecule has 1 atom stereocenters. The number of methoxy groups -OCH3 is 1. The fourth-order valence-corrected chi connectivity index (χ4v) is 1.80. The summed E-state index contributed by atoms with van der Waals surface area (Å²) in [6.07, 6.45) is -5.22. The van der Waals surface area contributed by atoms with Gasteiger partial charge in [0, 0.05) is 6.42 Å². The fourth-order valence-electron chi connectivity index (χ4n) is 1.80. The second-order valence-corrected chi connectivity index (χ2v) is 6.11. The molecule has 1 N–H and O–H groups in total. The molecule has 1 amide bonds. The lowest BCUT2D eigenvalue weighted by molar-refractivity contribution is -0.177. The average molecular weight is 347 g/mol. The van der Waals surface area contributed by atoms with Gasteiger partial charge in [0.1, 0.15) is 17.4 Å². The highest BCUT2D eigenvalue weighted by Crippen LogP contribution is 2.18. The van der Waals surface area contributed by atoms with E-state index in [-0.39, 0.29) is 6.42 Å². The lowest BCUT2D eigenvalue weighted by atomic mass is 10.1. The van der Waals surface area contributed by atoms with Gasteiger partial charge in [0.2, 0.25) is 0 Å². The van der Waals surface area contributed by atoms with Gasteiger partial charge in [-0.05, 0) is 38.5 Å². The minimum atomic E-state index is -5.08. The van der Waals surface area contributed by atoms with Crippen LogP contribution in [0, 0.1) is 0 Å². The van der Waals surface area contributed by atoms with Crippen LogP contribution in [0.4, 0.5) is 13.2 Å². The van der Waals surface area contributed by atoms with Crippen molar-refractivity contribution in [3.05, 3.63) is 29.8 Å². The molecule has 5 nitrogen and oxygen atoms in total. The minimum absolute atomic E-state index is 0.138. The first-order valence-electron chi connectivity index (χ1n) is 7.16. The Morgan fingerprint density at radius 1 is 1.12 bits per heavy atom. The molecule has 1 rings (SSSR count). The zero-order valence-electron chi connectivity index (χ0n) is 13.9. The number of nitrogens with one attached hydrogen (secondary N) is 1. The van der Waals surface area contributed by atoms with Gasteiger partial charge in [0.25, 0.3) is 0 Å². The molecule has 8 heteroatoms. The summed E-state index contributed by atoms with van der Waals surface area (Å²) < 4.78 is 47.5. The Morgan fingerprint density at radius 3 is 2.08 bits per heavy atom. The fraction of sp³-hybridized carbons (Fsp3) is 0.500. The molecule has 0 spiro atoms. The second kappa shape index (κ2) is 7.55. The number of benzene rings is 1. The Labute approximate surface area is 138 Å². The standard InChI is InChI=1S/C16H20F3NO4/c1-15(2,3)24-13(21)12(20-14(22)16(17,18)19)9-10-5-7-11(23-4)8-6-10/h5-8,12H,9H2,1-4H3,(H,20,22)/t12-/m1/s1. The van der Waals surface area contributed by atoms with Crippen molar-refractivity contribution < 1.29 is 32.2 Å². The second-order valence-electron chi connectivity index (χ2n) is 6.11. The van der Waals surface area contributed by atoms with Crippen molar-refractivity contribution >= 4 is 11.9 Å². The molecule has 0 saturated carbocycles. The summed E-state index contributed by atoms with van der Waals surface area (Å²) in [5.74, 6) is -2.56. The zero-order valence-corrected chi connectivity index (χ0v) is 13.9. The van der Waals surface area contributed by atoms with Gasteiger partial charge < -0.3 is 14.8 Å². The van der Waals surface area contributed by atoms with Crippen LogP contribution >= 0.6 is 0 Å². The Balaban J connectivity index is 2.94. The summed E-state index contributed by atoms with van der Waals surface area (Å²) in [5.41, 5.74) is -0.341. The summed E-state index contributed by atoms with van der Waals surface area (Å²) >= 11 is 0. The van der Waals surface area contributed by atoms with Gasteiger partial charge in [-0.25, -0.2) is 4.79 Å². The average Bonchev–Trinajstić information content (AvgIpc) is 2.44. The highest BCUT2D eigenvalue weighted by molar-refractivity contribution is 5.87. The number of rotatable bonds is 5. The third-order valence-electron chi connectivity index (χ3n) is 2.85. The van der Waals surface area contributed by atoms with Crippen LogP contribution in [0.1, 0.15) is 26.3 Å². The number of alkyl halides is 3. The van der Waals surface area contributed by atoms with E-state index in [0.29, 0.717) is 11.3 Å². The molecule has 0 bridgehead atoms. The highest BCUT2D eigenvalue weighted by Gasteiger charge is 2.41. The van der Waals surface area contributed by atoms with E-state index in [9.17, 15) is 22.8 Å². The normalized spacial score (nSPS) is 13.1. The number of hydrogen-bond acceptors (Lipinski definition) is 4. The van der Waals surface area contributed by atoms with Gasteiger partial charge >= 0.3 is 18.1 Å². The van der Waals surface area contributed by atoms with Crippen LogP contribution in [0.3, 0.4) is 0 Å². The summed E-state index contributed by atoms with van der Waals surface area (Å²) in [6.45, 7) is 4.75. The van der Waals surface area contributed by atoms with E-state index >= 15 is 0 Å². The van der Waals surface area contributed by atoms with Crippen LogP contribution in [-0.2, 0) is 20.7 Å². The van der Waals surface area contributed by atoms with E-state index in [1.54, 1.807) is 50.4 Å². The smallest absolute Gasteiger partial charge is 0.471 e. The number of esters is 1. The minimum Gasteiger partial charge on any atom is -0.497 e. The molecule has 0 unspecified atom stereocenters. The van der Waals surface area contributed by atoms with Gasteiger partial charge in [-0.3, -0.25) is 4.79 Å². The highest BCUT2D eigenvalue weighted by atomic mass is 19.4. The molecular formula is C16H20F3NO4. The Hall–Kier alpha value is -2.25. The largest absolute Gasteiger partial charge is 0.497 e. The SMILES string of the molecule is COc1ccc(C[C@@H](NC(=O)C(F)(F)F)C(=O)OC(C)(C)C)cc1. The van der Waals surface area contributed by atoms with E-state index < -0.39 is 29.7 Å². The number of halogens is 3. The molecule has 1 aromatic rings. The van der Waals surface area contributed by atoms with E-state index in [0.717, 1.165) is 0 Å². The first-order chi connectivity index (χ1) is 10.9. The van der Waals surface area contributed by atoms with E-state index in [2.05, 4.69) is 0 Å². The predicted molar refractivity (Wildman–Crippen MR) is 80.5 cm³/mol. The molecule has 0 aliphatic carbocycles. The number of amides is 1. The molecule has 24 heavy (non-hydrogen) atoms. The lowest BCUT2D eigenvalue weighted by Crippen LogP contribution is -2.49. The molecule has 0 aliphatic heterocycles. The van der Waals surface area contributed by atoms with Crippen LogP contribution in [0.25, 0.3) is 0 Å². The molecule has 0 fully saturated rings.